The molecule has 5 aliphatic rings. The van der Waals surface area contributed by atoms with Gasteiger partial charge in [0.15, 0.2) is 0 Å². The fourth-order valence-electron chi connectivity index (χ4n) is 11.3. The number of aromatic nitrogens is 5. The molecule has 19 heteroatoms. The van der Waals surface area contributed by atoms with Gasteiger partial charge < -0.3 is 49.3 Å². The van der Waals surface area contributed by atoms with E-state index in [0.29, 0.717) is 84.8 Å². The zero-order valence-corrected chi connectivity index (χ0v) is 41.9. The van der Waals surface area contributed by atoms with E-state index < -0.39 is 36.3 Å². The smallest absolute Gasteiger partial charge is 0.407 e. The van der Waals surface area contributed by atoms with Crippen LogP contribution in [0.15, 0.2) is 60.9 Å². The molecule has 4 amide bonds. The number of rotatable bonds is 12. The maximum Gasteiger partial charge on any atom is 0.407 e. The van der Waals surface area contributed by atoms with E-state index >= 15 is 4.39 Å². The molecule has 378 valence electrons. The second kappa shape index (κ2) is 19.4. The number of fused-ring (bicyclic) bond motifs is 5. The molecule has 1 aliphatic carbocycles. The standard InChI is InChI=1S/C53H60FN9O8S/c1-27(2)45(59-52(66)68-4)49(64)61-17-6-8-38(61)48-56-26-36(58-48)32-22-34(54)44-40-23-33-21-30(12-13-37(33)63(40)51(71-41(44)24-32)43-15-14-42(72-43)29-10-11-29)35-25-55-47(57-35)39-9-7-18-62(39)50(65)46(60-53(67)69-5)31-16-19-70-28(3)20-31/h12-15,21-29,31,38-39,45-46,51H,6-11,16-20H2,1-5H3,(H,55,57)(H,56,58)(H,59,66)(H,60,67)/t28-,31?,38+,39+,45+,46?,51?/m1/s1. The number of nitrogens with one attached hydrogen (secondary N) is 4. The van der Waals surface area contributed by atoms with Crippen molar-refractivity contribution in [2.75, 3.05) is 33.9 Å². The van der Waals surface area contributed by atoms with Crippen LogP contribution in [0.3, 0.4) is 0 Å². The molecule has 2 aromatic carbocycles. The van der Waals surface area contributed by atoms with Gasteiger partial charge in [-0.1, -0.05) is 19.9 Å². The molecule has 4 aromatic heterocycles. The summed E-state index contributed by atoms with van der Waals surface area (Å²) < 4.78 is 41.5. The highest BCUT2D eigenvalue weighted by atomic mass is 32.1. The van der Waals surface area contributed by atoms with Gasteiger partial charge in [-0.2, -0.15) is 0 Å². The molecule has 4 aliphatic heterocycles. The van der Waals surface area contributed by atoms with Gasteiger partial charge >= 0.3 is 12.2 Å². The summed E-state index contributed by atoms with van der Waals surface area (Å²) in [5.41, 5.74) is 4.69. The Morgan fingerprint density at radius 2 is 1.47 bits per heavy atom. The molecule has 0 spiro atoms. The van der Waals surface area contributed by atoms with Crippen LogP contribution in [0.2, 0.25) is 0 Å². The van der Waals surface area contributed by atoms with Gasteiger partial charge in [0.25, 0.3) is 0 Å². The highest BCUT2D eigenvalue weighted by molar-refractivity contribution is 7.12. The highest BCUT2D eigenvalue weighted by Crippen LogP contribution is 2.50. The first-order valence-electron chi connectivity index (χ1n) is 25.1. The molecule has 4 fully saturated rings. The van der Waals surface area contributed by atoms with Crippen LogP contribution in [0.4, 0.5) is 14.0 Å². The van der Waals surface area contributed by atoms with Crippen molar-refractivity contribution in [3.8, 4) is 39.5 Å². The number of ether oxygens (including phenoxy) is 4. The van der Waals surface area contributed by atoms with E-state index in [-0.39, 0.29) is 41.8 Å². The van der Waals surface area contributed by atoms with Crippen molar-refractivity contribution >= 4 is 46.2 Å². The number of aromatic amines is 2. The number of methoxy groups -OCH3 is 2. The fourth-order valence-corrected chi connectivity index (χ4v) is 12.5. The van der Waals surface area contributed by atoms with Crippen LogP contribution in [0.1, 0.15) is 118 Å². The number of thiophene rings is 1. The Labute approximate surface area is 420 Å². The van der Waals surface area contributed by atoms with E-state index in [2.05, 4.69) is 43.4 Å². The van der Waals surface area contributed by atoms with Gasteiger partial charge in [-0.3, -0.25) is 14.2 Å². The summed E-state index contributed by atoms with van der Waals surface area (Å²) in [5, 5.41) is 6.42. The Morgan fingerprint density at radius 1 is 0.806 bits per heavy atom. The fraction of sp³-hybridized carbons (Fsp3) is 0.472. The third-order valence-electron chi connectivity index (χ3n) is 15.1. The summed E-state index contributed by atoms with van der Waals surface area (Å²) in [4.78, 5) is 75.2. The monoisotopic (exact) mass is 1000 g/mol. The van der Waals surface area contributed by atoms with Crippen molar-refractivity contribution in [3.63, 3.8) is 0 Å². The molecule has 3 unspecified atom stereocenters. The minimum Gasteiger partial charge on any atom is -0.464 e. The number of H-pyrrole nitrogens is 2. The van der Waals surface area contributed by atoms with Crippen LogP contribution in [-0.2, 0) is 23.8 Å². The van der Waals surface area contributed by atoms with E-state index in [1.54, 1.807) is 28.6 Å². The molecule has 0 radical (unpaired) electrons. The number of alkyl carbamates (subject to hydrolysis) is 2. The Bertz CT molecular complexity index is 3050. The van der Waals surface area contributed by atoms with Gasteiger partial charge in [0.05, 0.1) is 77.8 Å². The van der Waals surface area contributed by atoms with E-state index in [4.69, 9.17) is 28.9 Å². The first-order valence-corrected chi connectivity index (χ1v) is 26.0. The summed E-state index contributed by atoms with van der Waals surface area (Å²) in [5.74, 6) is 1.11. The third-order valence-corrected chi connectivity index (χ3v) is 16.4. The number of carbonyl (C=O) groups excluding carboxylic acids is 4. The first-order chi connectivity index (χ1) is 34.9. The Kier molecular flexibility index (Phi) is 12.8. The number of hydrogen-bond acceptors (Lipinski definition) is 11. The summed E-state index contributed by atoms with van der Waals surface area (Å²) >= 11 is 1.73. The molecule has 11 rings (SSSR count). The van der Waals surface area contributed by atoms with Crippen LogP contribution in [0.5, 0.6) is 5.75 Å². The lowest BCUT2D eigenvalue weighted by Crippen LogP contribution is -2.53. The molecule has 8 heterocycles. The van der Waals surface area contributed by atoms with Crippen LogP contribution < -0.4 is 15.4 Å². The molecule has 7 atom stereocenters. The predicted octanol–water partition coefficient (Wildman–Crippen LogP) is 9.35. The summed E-state index contributed by atoms with van der Waals surface area (Å²) in [7, 11) is 2.57. The number of nitrogens with zero attached hydrogens (tertiary/aromatic N) is 5. The van der Waals surface area contributed by atoms with Crippen molar-refractivity contribution in [1.29, 1.82) is 0 Å². The number of halogens is 1. The van der Waals surface area contributed by atoms with Gasteiger partial charge in [0.2, 0.25) is 18.0 Å². The maximum atomic E-state index is 17.0. The molecule has 17 nitrogen and oxygen atoms in total. The lowest BCUT2D eigenvalue weighted by Gasteiger charge is -2.36. The van der Waals surface area contributed by atoms with Crippen LogP contribution in [0, 0.1) is 17.7 Å². The molecule has 4 N–H and O–H groups in total. The van der Waals surface area contributed by atoms with Crippen molar-refractivity contribution in [1.82, 2.24) is 44.9 Å². The minimum absolute atomic E-state index is 0.0261. The summed E-state index contributed by atoms with van der Waals surface area (Å²) in [6.45, 7) is 7.30. The Balaban J connectivity index is 0.894. The third kappa shape index (κ3) is 8.87. The maximum absolute atomic E-state index is 17.0. The molecular formula is C53H60FN9O8S. The molecule has 0 bridgehead atoms. The number of hydrogen-bond donors (Lipinski definition) is 4. The topological polar surface area (TPSA) is 198 Å². The largest absolute Gasteiger partial charge is 0.464 e. The minimum atomic E-state index is -0.770. The lowest BCUT2D eigenvalue weighted by atomic mass is 9.88. The number of imidazole rings is 2. The van der Waals surface area contributed by atoms with E-state index in [1.165, 1.54) is 25.2 Å². The summed E-state index contributed by atoms with van der Waals surface area (Å²) in [6, 6.07) is 13.6. The van der Waals surface area contributed by atoms with E-state index in [0.717, 1.165) is 59.1 Å². The van der Waals surface area contributed by atoms with Gasteiger partial charge in [-0.25, -0.2) is 23.9 Å². The van der Waals surface area contributed by atoms with Crippen molar-refractivity contribution in [2.24, 2.45) is 11.8 Å². The average molecular weight is 1000 g/mol. The van der Waals surface area contributed by atoms with Crippen molar-refractivity contribution in [3.05, 3.63) is 88.1 Å². The zero-order valence-electron chi connectivity index (χ0n) is 41.0. The quantitative estimate of drug-likeness (QED) is 0.0917. The van der Waals surface area contributed by atoms with Gasteiger partial charge in [0.1, 0.15) is 35.3 Å². The molecular weight excluding hydrogens is 942 g/mol. The van der Waals surface area contributed by atoms with Crippen LogP contribution >= 0.6 is 11.3 Å². The van der Waals surface area contributed by atoms with E-state index in [9.17, 15) is 19.2 Å². The van der Waals surface area contributed by atoms with Crippen molar-refractivity contribution in [2.45, 2.75) is 115 Å². The van der Waals surface area contributed by atoms with Crippen LogP contribution in [-0.4, -0.2) is 110 Å². The van der Waals surface area contributed by atoms with E-state index in [1.807, 2.05) is 49.9 Å². The second-order valence-corrected chi connectivity index (χ2v) is 21.3. The molecule has 72 heavy (non-hydrogen) atoms. The van der Waals surface area contributed by atoms with Gasteiger partial charge in [0, 0.05) is 41.1 Å². The van der Waals surface area contributed by atoms with Crippen molar-refractivity contribution < 1.29 is 42.5 Å². The number of benzene rings is 2. The predicted molar refractivity (Wildman–Crippen MR) is 267 cm³/mol. The SMILES string of the molecule is COC(=O)NC(C(=O)N1CCC[C@H]1c1ncc(-c2ccc3c(c2)cc2n3C(c3ccc(C4CC4)s3)Oc3cc(-c4cnc([C@@H]5CCCN5C(=O)[C@@H](NC(=O)OC)C(C)C)[nH]4)cc(F)c3-2)[nH]1)C1CCO[C@H](C)C1. The van der Waals surface area contributed by atoms with Crippen LogP contribution in [0.25, 0.3) is 44.7 Å². The molecule has 3 saturated heterocycles. The molecule has 6 aromatic rings. The molecule has 1 saturated carbocycles. The lowest BCUT2D eigenvalue weighted by molar-refractivity contribution is -0.137. The summed E-state index contributed by atoms with van der Waals surface area (Å²) in [6.07, 6.45) is 8.13. The second-order valence-electron chi connectivity index (χ2n) is 20.2. The Hall–Kier alpha value is -6.73. The average Bonchev–Trinajstić information content (AvgIpc) is 4.11. The normalized spacial score (nSPS) is 22.6. The van der Waals surface area contributed by atoms with Gasteiger partial charge in [-0.15, -0.1) is 11.3 Å². The highest BCUT2D eigenvalue weighted by Gasteiger charge is 2.42. The zero-order chi connectivity index (χ0) is 49.9. The van der Waals surface area contributed by atoms with Gasteiger partial charge in [-0.05, 0) is 119 Å². The number of amides is 4. The number of likely N-dealkylation sites (tertiary alicyclic amines) is 2. The first kappa shape index (κ1) is 47.6. The Morgan fingerprint density at radius 3 is 2.14 bits per heavy atom. The number of carbonyl (C=O) groups is 4.